The Bertz CT molecular complexity index is 1550. The van der Waals surface area contributed by atoms with Crippen molar-refractivity contribution in [3.05, 3.63) is 106 Å². The van der Waals surface area contributed by atoms with Gasteiger partial charge in [0.2, 0.25) is 0 Å². The Hall–Kier alpha value is -3.39. The highest BCUT2D eigenvalue weighted by Gasteiger charge is 2.32. The van der Waals surface area contributed by atoms with E-state index < -0.39 is 0 Å². The summed E-state index contributed by atoms with van der Waals surface area (Å²) in [6.45, 7) is 3.22. The molecule has 1 saturated heterocycles. The fourth-order valence-corrected chi connectivity index (χ4v) is 6.14. The fourth-order valence-electron chi connectivity index (χ4n) is 4.65. The van der Waals surface area contributed by atoms with Crippen LogP contribution in [0.1, 0.15) is 50.2 Å². The lowest BCUT2D eigenvalue weighted by atomic mass is 10.1. The van der Waals surface area contributed by atoms with Crippen molar-refractivity contribution in [1.29, 1.82) is 0 Å². The highest BCUT2D eigenvalue weighted by atomic mass is 35.5. The van der Waals surface area contributed by atoms with Crippen molar-refractivity contribution in [2.45, 2.75) is 45.6 Å². The van der Waals surface area contributed by atoms with Gasteiger partial charge in [0, 0.05) is 34.5 Å². The first-order valence-electron chi connectivity index (χ1n) is 13.9. The van der Waals surface area contributed by atoms with Gasteiger partial charge in [-0.2, -0.15) is 5.10 Å². The number of nitrogens with zero attached hydrogens (tertiary/aromatic N) is 3. The van der Waals surface area contributed by atoms with Gasteiger partial charge < -0.3 is 4.74 Å². The minimum atomic E-state index is -0.0364. The van der Waals surface area contributed by atoms with E-state index in [1.54, 1.807) is 4.90 Å². The Kier molecular flexibility index (Phi) is 9.93. The molecule has 3 aromatic carbocycles. The second kappa shape index (κ2) is 14.0. The lowest BCUT2D eigenvalue weighted by Crippen LogP contribution is -2.29. The highest BCUT2D eigenvalue weighted by Crippen LogP contribution is 2.36. The van der Waals surface area contributed by atoms with E-state index in [-0.39, 0.29) is 5.91 Å². The van der Waals surface area contributed by atoms with E-state index in [0.29, 0.717) is 33.1 Å². The second-order valence-electron chi connectivity index (χ2n) is 9.87. The van der Waals surface area contributed by atoms with Crippen LogP contribution in [0.3, 0.4) is 0 Å². The first-order valence-corrected chi connectivity index (χ1v) is 15.5. The molecule has 210 valence electrons. The van der Waals surface area contributed by atoms with Crippen LogP contribution in [0.25, 0.3) is 23.0 Å². The quantitative estimate of drug-likeness (QED) is 0.0921. The minimum absolute atomic E-state index is 0.0364. The number of halogens is 1. The van der Waals surface area contributed by atoms with E-state index in [0.717, 1.165) is 40.9 Å². The summed E-state index contributed by atoms with van der Waals surface area (Å²) < 4.78 is 8.55. The van der Waals surface area contributed by atoms with Crippen LogP contribution in [0.15, 0.2) is 90.0 Å². The summed E-state index contributed by atoms with van der Waals surface area (Å²) >= 11 is 13.3. The number of para-hydroxylation sites is 1. The summed E-state index contributed by atoms with van der Waals surface area (Å²) in [5.41, 5.74) is 4.32. The summed E-state index contributed by atoms with van der Waals surface area (Å²) in [6.07, 6.45) is 9.53. The van der Waals surface area contributed by atoms with Gasteiger partial charge in [0.05, 0.1) is 10.6 Å². The molecule has 0 radical (unpaired) electrons. The van der Waals surface area contributed by atoms with Gasteiger partial charge >= 0.3 is 0 Å². The molecule has 1 fully saturated rings. The summed E-state index contributed by atoms with van der Waals surface area (Å²) in [6, 6.07) is 25.4. The van der Waals surface area contributed by atoms with Crippen LogP contribution in [0.4, 0.5) is 0 Å². The predicted molar refractivity (Wildman–Crippen MR) is 173 cm³/mol. The van der Waals surface area contributed by atoms with Crippen LogP contribution in [-0.2, 0) is 11.4 Å². The summed E-state index contributed by atoms with van der Waals surface area (Å²) in [4.78, 5) is 15.7. The minimum Gasteiger partial charge on any atom is -0.489 e. The number of hydrogen-bond donors (Lipinski definition) is 0. The van der Waals surface area contributed by atoms with Crippen molar-refractivity contribution in [2.24, 2.45) is 0 Å². The van der Waals surface area contributed by atoms with Crippen LogP contribution < -0.4 is 4.74 Å². The van der Waals surface area contributed by atoms with Gasteiger partial charge in [-0.15, -0.1) is 0 Å². The molecule has 0 unspecified atom stereocenters. The van der Waals surface area contributed by atoms with Crippen LogP contribution in [0.5, 0.6) is 5.75 Å². The van der Waals surface area contributed by atoms with Gasteiger partial charge in [-0.1, -0.05) is 117 Å². The molecule has 0 spiro atoms. The number of amides is 1. The lowest BCUT2D eigenvalue weighted by Gasteiger charge is -2.13. The number of ether oxygens (including phenoxy) is 1. The topological polar surface area (TPSA) is 47.4 Å². The van der Waals surface area contributed by atoms with E-state index in [4.69, 9.17) is 33.7 Å². The van der Waals surface area contributed by atoms with Crippen LogP contribution in [0, 0.1) is 0 Å². The fraction of sp³-hybridized carbons (Fsp3) is 0.242. The number of thiocarbonyl (C=S) groups is 1. The molecule has 0 atom stereocenters. The molecule has 8 heteroatoms. The van der Waals surface area contributed by atoms with Crippen molar-refractivity contribution in [3.63, 3.8) is 0 Å². The molecule has 0 saturated carbocycles. The predicted octanol–water partition coefficient (Wildman–Crippen LogP) is 8.94. The smallest absolute Gasteiger partial charge is 0.266 e. The largest absolute Gasteiger partial charge is 0.489 e. The molecule has 1 amide bonds. The lowest BCUT2D eigenvalue weighted by molar-refractivity contribution is -0.122. The molecule has 4 aromatic rings. The Morgan fingerprint density at radius 3 is 2.56 bits per heavy atom. The normalized spacial score (nSPS) is 14.3. The van der Waals surface area contributed by atoms with E-state index in [1.165, 1.54) is 31.0 Å². The Balaban J connectivity index is 1.42. The van der Waals surface area contributed by atoms with Gasteiger partial charge in [-0.25, -0.2) is 4.68 Å². The highest BCUT2D eigenvalue weighted by molar-refractivity contribution is 8.26. The SMILES string of the molecule is CCCCCCCN1C(=O)/C(=C/c2cn(-c3ccccc3)nc2-c2cccc(OCc3ccccc3Cl)c2)SC1=S. The molecule has 1 aromatic heterocycles. The Morgan fingerprint density at radius 1 is 0.976 bits per heavy atom. The third-order valence-corrected chi connectivity index (χ3v) is 8.61. The number of rotatable bonds is 12. The van der Waals surface area contributed by atoms with Gasteiger partial charge in [0.15, 0.2) is 0 Å². The number of aromatic nitrogens is 2. The molecule has 5 rings (SSSR count). The molecule has 41 heavy (non-hydrogen) atoms. The van der Waals surface area contributed by atoms with Gasteiger partial charge in [0.25, 0.3) is 5.91 Å². The number of carbonyl (C=O) groups is 1. The number of benzene rings is 3. The molecule has 0 N–H and O–H groups in total. The average molecular weight is 602 g/mol. The first-order chi connectivity index (χ1) is 20.0. The molecule has 0 bridgehead atoms. The number of carbonyl (C=O) groups excluding carboxylic acids is 1. The van der Waals surface area contributed by atoms with Crippen molar-refractivity contribution < 1.29 is 9.53 Å². The van der Waals surface area contributed by atoms with E-state index in [1.807, 2.05) is 95.8 Å². The molecule has 0 aliphatic carbocycles. The number of unbranched alkanes of at least 4 members (excludes halogenated alkanes) is 4. The first kappa shape index (κ1) is 29.1. The van der Waals surface area contributed by atoms with Crippen molar-refractivity contribution in [3.8, 4) is 22.7 Å². The zero-order chi connectivity index (χ0) is 28.6. The van der Waals surface area contributed by atoms with E-state index >= 15 is 0 Å². The maximum atomic E-state index is 13.4. The number of hydrogen-bond acceptors (Lipinski definition) is 5. The second-order valence-corrected chi connectivity index (χ2v) is 12.0. The van der Waals surface area contributed by atoms with Crippen molar-refractivity contribution in [1.82, 2.24) is 14.7 Å². The molecular formula is C33H32ClN3O2S2. The van der Waals surface area contributed by atoms with Crippen LogP contribution in [-0.4, -0.2) is 31.5 Å². The summed E-state index contributed by atoms with van der Waals surface area (Å²) in [5, 5.41) is 5.61. The van der Waals surface area contributed by atoms with Crippen LogP contribution in [0.2, 0.25) is 5.02 Å². The zero-order valence-corrected chi connectivity index (χ0v) is 25.4. The van der Waals surface area contributed by atoms with Crippen molar-refractivity contribution in [2.75, 3.05) is 6.54 Å². The Morgan fingerprint density at radius 2 is 1.76 bits per heavy atom. The molecule has 2 heterocycles. The third kappa shape index (κ3) is 7.28. The number of thioether (sulfide) groups is 1. The van der Waals surface area contributed by atoms with Gasteiger partial charge in [0.1, 0.15) is 22.4 Å². The molecule has 1 aliphatic heterocycles. The standard InChI is InChI=1S/C33H32ClN3O2S2/c1-2-3-4-5-11-19-36-32(38)30(41-33(36)40)21-26-22-37(27-15-7-6-8-16-27)35-31(26)24-14-12-17-28(20-24)39-23-25-13-9-10-18-29(25)34/h6-10,12-18,20-22H,2-5,11,19,23H2,1H3/b30-21-. The maximum absolute atomic E-state index is 13.4. The van der Waals surface area contributed by atoms with Crippen LogP contribution >= 0.6 is 35.6 Å². The van der Waals surface area contributed by atoms with E-state index in [2.05, 4.69) is 6.92 Å². The summed E-state index contributed by atoms with van der Waals surface area (Å²) in [7, 11) is 0. The zero-order valence-electron chi connectivity index (χ0n) is 23.0. The Labute approximate surface area is 256 Å². The summed E-state index contributed by atoms with van der Waals surface area (Å²) in [5.74, 6) is 0.669. The maximum Gasteiger partial charge on any atom is 0.266 e. The molecule has 1 aliphatic rings. The molecular weight excluding hydrogens is 570 g/mol. The van der Waals surface area contributed by atoms with Crippen molar-refractivity contribution >= 4 is 51.9 Å². The molecule has 5 nitrogen and oxygen atoms in total. The van der Waals surface area contributed by atoms with Gasteiger partial charge in [-0.3, -0.25) is 9.69 Å². The van der Waals surface area contributed by atoms with Gasteiger partial charge in [-0.05, 0) is 42.8 Å². The van der Waals surface area contributed by atoms with E-state index in [9.17, 15) is 4.79 Å². The average Bonchev–Trinajstić information content (AvgIpc) is 3.53. The third-order valence-electron chi connectivity index (χ3n) is 6.87. The monoisotopic (exact) mass is 601 g/mol.